The number of nitrogens with zero attached hydrogens (tertiary/aromatic N) is 1. The molecule has 1 aromatic carbocycles. The normalized spacial score (nSPS) is 11.8. The van der Waals surface area contributed by atoms with E-state index in [4.69, 9.17) is 4.74 Å². The molecule has 0 unspecified atom stereocenters. The zero-order chi connectivity index (χ0) is 25.4. The van der Waals surface area contributed by atoms with Crippen molar-refractivity contribution in [3.05, 3.63) is 53.0 Å². The number of ether oxygens (including phenoxy) is 1. The first-order chi connectivity index (χ1) is 15.9. The number of benzene rings is 1. The van der Waals surface area contributed by atoms with Crippen LogP contribution in [0.25, 0.3) is 0 Å². The molecule has 0 saturated heterocycles. The second-order valence-electron chi connectivity index (χ2n) is 7.71. The highest BCUT2D eigenvalue weighted by Gasteiger charge is 2.33. The number of carbonyl (C=O) groups is 1. The van der Waals surface area contributed by atoms with Crippen LogP contribution in [0.2, 0.25) is 0 Å². The van der Waals surface area contributed by atoms with Crippen LogP contribution in [-0.2, 0) is 34.0 Å². The molecule has 0 aliphatic carbocycles. The van der Waals surface area contributed by atoms with E-state index in [0.717, 1.165) is 37.7 Å². The summed E-state index contributed by atoms with van der Waals surface area (Å²) in [6, 6.07) is 5.62. The zero-order valence-electron chi connectivity index (χ0n) is 18.8. The summed E-state index contributed by atoms with van der Waals surface area (Å²) < 4.78 is 83.2. The topological polar surface area (TPSA) is 97.4 Å². The minimum Gasteiger partial charge on any atom is -0.477 e. The van der Waals surface area contributed by atoms with Gasteiger partial charge in [0.2, 0.25) is 21.8 Å². The van der Waals surface area contributed by atoms with E-state index in [2.05, 4.69) is 10.3 Å². The minimum atomic E-state index is -4.63. The average Bonchev–Trinajstić information content (AvgIpc) is 2.73. The number of pyridine rings is 1. The first-order valence-corrected chi connectivity index (χ1v) is 12.5. The molecule has 2 rings (SSSR count). The Hall–Kier alpha value is -2.89. The van der Waals surface area contributed by atoms with E-state index in [0.29, 0.717) is 6.42 Å². The molecule has 7 nitrogen and oxygen atoms in total. The molecule has 1 aromatic heterocycles. The third-order valence-electron chi connectivity index (χ3n) is 4.64. The Morgan fingerprint density at radius 1 is 1.12 bits per heavy atom. The molecule has 0 radical (unpaired) electrons. The lowest BCUT2D eigenvalue weighted by atomic mass is 10.1. The molecule has 2 aromatic rings. The van der Waals surface area contributed by atoms with E-state index in [-0.39, 0.29) is 42.3 Å². The second-order valence-corrected chi connectivity index (χ2v) is 9.46. The summed E-state index contributed by atoms with van der Waals surface area (Å²) in [5.41, 5.74) is -0.782. The van der Waals surface area contributed by atoms with Gasteiger partial charge in [0.25, 0.3) is 0 Å². The minimum absolute atomic E-state index is 0.134. The quantitative estimate of drug-likeness (QED) is 0.329. The summed E-state index contributed by atoms with van der Waals surface area (Å²) in [5.74, 6) is -1.56. The van der Waals surface area contributed by atoms with Crippen molar-refractivity contribution in [2.24, 2.45) is 0 Å². The Morgan fingerprint density at radius 3 is 2.47 bits per heavy atom. The van der Waals surface area contributed by atoms with Gasteiger partial charge >= 0.3 is 6.18 Å². The van der Waals surface area contributed by atoms with Crippen molar-refractivity contribution in [1.29, 1.82) is 0 Å². The van der Waals surface area contributed by atoms with Crippen LogP contribution in [0.5, 0.6) is 5.88 Å². The molecular weight excluding hydrogens is 478 g/mol. The molecule has 12 heteroatoms. The summed E-state index contributed by atoms with van der Waals surface area (Å²) in [5, 5.41) is 2.55. The van der Waals surface area contributed by atoms with Gasteiger partial charge in [0, 0.05) is 12.1 Å². The third-order valence-corrected chi connectivity index (χ3v) is 5.23. The Bertz CT molecular complexity index is 1090. The predicted octanol–water partition coefficient (Wildman–Crippen LogP) is 4.43. The van der Waals surface area contributed by atoms with Crippen LogP contribution in [0.3, 0.4) is 0 Å². The molecular formula is C22H27F4N3O4S. The van der Waals surface area contributed by atoms with Crippen molar-refractivity contribution in [3.63, 3.8) is 0 Å². The van der Waals surface area contributed by atoms with Gasteiger partial charge in [-0.1, -0.05) is 32.3 Å². The van der Waals surface area contributed by atoms with E-state index in [1.54, 1.807) is 0 Å². The summed E-state index contributed by atoms with van der Waals surface area (Å²) >= 11 is 0. The van der Waals surface area contributed by atoms with Crippen molar-refractivity contribution in [2.75, 3.05) is 17.6 Å². The number of nitrogens with one attached hydrogen (secondary N) is 2. The smallest absolute Gasteiger partial charge is 0.433 e. The molecule has 0 aliphatic heterocycles. The number of alkyl halides is 3. The summed E-state index contributed by atoms with van der Waals surface area (Å²) in [4.78, 5) is 15.9. The van der Waals surface area contributed by atoms with E-state index >= 15 is 0 Å². The molecule has 2 N–H and O–H groups in total. The molecule has 0 saturated carbocycles. The number of aromatic nitrogens is 1. The Morgan fingerprint density at radius 2 is 1.85 bits per heavy atom. The summed E-state index contributed by atoms with van der Waals surface area (Å²) in [7, 11) is -3.66. The van der Waals surface area contributed by atoms with Crippen LogP contribution in [0.1, 0.15) is 49.4 Å². The van der Waals surface area contributed by atoms with Crippen LogP contribution < -0.4 is 14.8 Å². The van der Waals surface area contributed by atoms with Crippen LogP contribution in [0.15, 0.2) is 30.3 Å². The van der Waals surface area contributed by atoms with Crippen molar-refractivity contribution in [3.8, 4) is 5.88 Å². The number of carbonyl (C=O) groups excluding carboxylic acids is 1. The fourth-order valence-electron chi connectivity index (χ4n) is 2.98. The standard InChI is InChI=1S/C22H27F4N3O4S/c1-3-4-5-6-11-33-21-16(8-10-19(28-21)22(24,25)26)14-27-20(30)13-15-7-9-18(17(23)12-15)29-34(2,31)32/h7-10,12,29H,3-6,11,13-14H2,1-2H3,(H,27,30). The molecule has 0 fully saturated rings. The number of amides is 1. The molecule has 34 heavy (non-hydrogen) atoms. The molecule has 0 bridgehead atoms. The van der Waals surface area contributed by atoms with E-state index in [9.17, 15) is 30.8 Å². The number of rotatable bonds is 12. The maximum Gasteiger partial charge on any atom is 0.433 e. The lowest BCUT2D eigenvalue weighted by Crippen LogP contribution is -2.25. The summed E-state index contributed by atoms with van der Waals surface area (Å²) in [6.07, 6.45) is -0.466. The Balaban J connectivity index is 2.03. The monoisotopic (exact) mass is 505 g/mol. The highest BCUT2D eigenvalue weighted by atomic mass is 32.2. The van der Waals surface area contributed by atoms with Crippen LogP contribution >= 0.6 is 0 Å². The van der Waals surface area contributed by atoms with Crippen molar-refractivity contribution in [2.45, 2.75) is 51.7 Å². The highest BCUT2D eigenvalue weighted by Crippen LogP contribution is 2.30. The maximum atomic E-state index is 14.1. The van der Waals surface area contributed by atoms with Gasteiger partial charge < -0.3 is 10.1 Å². The molecule has 0 aliphatic rings. The van der Waals surface area contributed by atoms with Gasteiger partial charge in [-0.15, -0.1) is 0 Å². The maximum absolute atomic E-state index is 14.1. The lowest BCUT2D eigenvalue weighted by molar-refractivity contribution is -0.141. The number of sulfonamides is 1. The van der Waals surface area contributed by atoms with Gasteiger partial charge in [0.15, 0.2) is 0 Å². The van der Waals surface area contributed by atoms with Crippen LogP contribution in [0.4, 0.5) is 23.2 Å². The third kappa shape index (κ3) is 9.16. The number of unbranched alkanes of at least 4 members (excludes halogenated alkanes) is 3. The van der Waals surface area contributed by atoms with Gasteiger partial charge in [-0.3, -0.25) is 9.52 Å². The van der Waals surface area contributed by atoms with Crippen LogP contribution in [-0.4, -0.2) is 32.2 Å². The van der Waals surface area contributed by atoms with Gasteiger partial charge in [0.1, 0.15) is 11.5 Å². The number of anilines is 1. The van der Waals surface area contributed by atoms with E-state index < -0.39 is 33.6 Å². The van der Waals surface area contributed by atoms with Crippen molar-refractivity contribution in [1.82, 2.24) is 10.3 Å². The van der Waals surface area contributed by atoms with Gasteiger partial charge in [0.05, 0.1) is 25.0 Å². The Kier molecular flexibility index (Phi) is 9.66. The van der Waals surface area contributed by atoms with Crippen LogP contribution in [0, 0.1) is 5.82 Å². The predicted molar refractivity (Wildman–Crippen MR) is 119 cm³/mol. The van der Waals surface area contributed by atoms with Gasteiger partial charge in [-0.2, -0.15) is 13.2 Å². The van der Waals surface area contributed by atoms with E-state index in [1.807, 2.05) is 11.6 Å². The molecule has 1 amide bonds. The number of hydrogen-bond acceptors (Lipinski definition) is 5. The SMILES string of the molecule is CCCCCCOc1nc(C(F)(F)F)ccc1CNC(=O)Cc1ccc(NS(C)(=O)=O)c(F)c1. The van der Waals surface area contributed by atoms with Crippen molar-refractivity contribution >= 4 is 21.6 Å². The first-order valence-electron chi connectivity index (χ1n) is 10.6. The fraction of sp³-hybridized carbons (Fsp3) is 0.455. The number of halogens is 4. The van der Waals surface area contributed by atoms with Crippen molar-refractivity contribution < 1.29 is 35.5 Å². The second kappa shape index (κ2) is 12.0. The molecule has 0 spiro atoms. The first kappa shape index (κ1) is 27.4. The van der Waals surface area contributed by atoms with E-state index in [1.165, 1.54) is 18.2 Å². The largest absolute Gasteiger partial charge is 0.477 e. The average molecular weight is 506 g/mol. The molecule has 188 valence electrons. The van der Waals surface area contributed by atoms with Gasteiger partial charge in [-0.05, 0) is 36.2 Å². The zero-order valence-corrected chi connectivity index (χ0v) is 19.7. The van der Waals surface area contributed by atoms with Gasteiger partial charge in [-0.25, -0.2) is 17.8 Å². The highest BCUT2D eigenvalue weighted by molar-refractivity contribution is 7.92. The molecule has 1 heterocycles. The lowest BCUT2D eigenvalue weighted by Gasteiger charge is -2.14. The molecule has 0 atom stereocenters. The summed E-state index contributed by atoms with van der Waals surface area (Å²) in [6.45, 7) is 2.10. The number of hydrogen-bond donors (Lipinski definition) is 2. The fourth-order valence-corrected chi connectivity index (χ4v) is 3.54. The Labute approximate surface area is 196 Å².